The molecule has 0 saturated carbocycles. The van der Waals surface area contributed by atoms with E-state index in [1.807, 2.05) is 11.3 Å². The minimum Gasteiger partial charge on any atom is -0.308 e. The van der Waals surface area contributed by atoms with Crippen molar-refractivity contribution in [2.24, 2.45) is 0 Å². The lowest BCUT2D eigenvalue weighted by atomic mass is 10.1. The molecule has 1 atom stereocenters. The maximum atomic E-state index is 3.73. The Morgan fingerprint density at radius 1 is 1.41 bits per heavy atom. The van der Waals surface area contributed by atoms with Crippen LogP contribution in [0.5, 0.6) is 0 Å². The minimum absolute atomic E-state index is 0.700. The first-order chi connectivity index (χ1) is 8.31. The van der Waals surface area contributed by atoms with E-state index in [-0.39, 0.29) is 0 Å². The minimum atomic E-state index is 0.700. The maximum Gasteiger partial charge on any atom is 0.0303 e. The number of nitrogens with one attached hydrogen (secondary N) is 1. The van der Waals surface area contributed by atoms with Gasteiger partial charge in [-0.2, -0.15) is 0 Å². The van der Waals surface area contributed by atoms with Gasteiger partial charge in [0, 0.05) is 28.9 Å². The lowest BCUT2D eigenvalue weighted by Gasteiger charge is -2.30. The van der Waals surface area contributed by atoms with Crippen LogP contribution >= 0.6 is 11.3 Å². The zero-order valence-corrected chi connectivity index (χ0v) is 11.5. The molecule has 17 heavy (non-hydrogen) atoms. The van der Waals surface area contributed by atoms with Crippen molar-refractivity contribution in [2.75, 3.05) is 20.1 Å². The summed E-state index contributed by atoms with van der Waals surface area (Å²) in [6.07, 6.45) is 6.71. The van der Waals surface area contributed by atoms with Crippen LogP contribution in [0.4, 0.5) is 0 Å². The Morgan fingerprint density at radius 2 is 2.35 bits per heavy atom. The Balaban J connectivity index is 1.53. The molecule has 1 N–H and O–H groups in total. The van der Waals surface area contributed by atoms with Crippen LogP contribution < -0.4 is 5.32 Å². The summed E-state index contributed by atoms with van der Waals surface area (Å²) in [6, 6.07) is 3.14. The monoisotopic (exact) mass is 250 g/mol. The first-order valence-electron chi connectivity index (χ1n) is 6.83. The average Bonchev–Trinajstić information content (AvgIpc) is 2.86. The summed E-state index contributed by atoms with van der Waals surface area (Å²) < 4.78 is 0. The van der Waals surface area contributed by atoms with Gasteiger partial charge in [0.05, 0.1) is 0 Å². The summed E-state index contributed by atoms with van der Waals surface area (Å²) >= 11 is 2.04. The molecule has 1 unspecified atom stereocenters. The van der Waals surface area contributed by atoms with Crippen molar-refractivity contribution < 1.29 is 0 Å². The molecule has 0 radical (unpaired) electrons. The number of rotatable bonds is 3. The van der Waals surface area contributed by atoms with Gasteiger partial charge >= 0.3 is 0 Å². The molecule has 1 fully saturated rings. The average molecular weight is 250 g/mol. The number of likely N-dealkylation sites (N-methyl/N-ethyl adjacent to an activating group) is 1. The molecule has 0 amide bonds. The second-order valence-corrected chi connectivity index (χ2v) is 6.72. The molecule has 2 nitrogen and oxygen atoms in total. The molecule has 1 aromatic rings. The van der Waals surface area contributed by atoms with Gasteiger partial charge in [0.2, 0.25) is 0 Å². The van der Waals surface area contributed by atoms with Gasteiger partial charge in [0.1, 0.15) is 0 Å². The van der Waals surface area contributed by atoms with Crippen LogP contribution in [0.25, 0.3) is 0 Å². The number of hydrogen-bond donors (Lipinski definition) is 1. The molecule has 1 aliphatic heterocycles. The van der Waals surface area contributed by atoms with E-state index < -0.39 is 0 Å². The van der Waals surface area contributed by atoms with Crippen molar-refractivity contribution in [1.29, 1.82) is 0 Å². The van der Waals surface area contributed by atoms with Crippen molar-refractivity contribution >= 4 is 11.3 Å². The van der Waals surface area contributed by atoms with Gasteiger partial charge in [0.25, 0.3) is 0 Å². The summed E-state index contributed by atoms with van der Waals surface area (Å²) in [5, 5.41) is 3.73. The summed E-state index contributed by atoms with van der Waals surface area (Å²) in [5.74, 6) is 0. The molecular weight excluding hydrogens is 228 g/mol. The zero-order valence-electron chi connectivity index (χ0n) is 10.7. The van der Waals surface area contributed by atoms with Gasteiger partial charge in [-0.3, -0.25) is 0 Å². The Morgan fingerprint density at radius 3 is 3.18 bits per heavy atom. The third-order valence-electron chi connectivity index (χ3n) is 3.99. The highest BCUT2D eigenvalue weighted by Crippen LogP contribution is 2.30. The molecule has 0 bridgehead atoms. The van der Waals surface area contributed by atoms with E-state index in [0.717, 1.165) is 6.54 Å². The fourth-order valence-corrected chi connectivity index (χ4v) is 4.27. The van der Waals surface area contributed by atoms with Gasteiger partial charge in [-0.05, 0) is 57.3 Å². The smallest absolute Gasteiger partial charge is 0.0303 e. The highest BCUT2D eigenvalue weighted by molar-refractivity contribution is 7.12. The van der Waals surface area contributed by atoms with Crippen molar-refractivity contribution in [3.63, 3.8) is 0 Å². The topological polar surface area (TPSA) is 15.3 Å². The number of aryl methyl sites for hydroxylation is 2. The van der Waals surface area contributed by atoms with Crippen LogP contribution in [0.15, 0.2) is 6.07 Å². The maximum absolute atomic E-state index is 3.73. The highest BCUT2D eigenvalue weighted by Gasteiger charge is 2.18. The van der Waals surface area contributed by atoms with E-state index in [2.05, 4.69) is 23.3 Å². The standard InChI is InChI=1S/C14H22N2S/c1-16-7-3-5-12(10-16)15-9-13-8-11-4-2-6-14(11)17-13/h8,12,15H,2-7,9-10H2,1H3. The molecule has 1 aromatic heterocycles. The number of likely N-dealkylation sites (tertiary alicyclic amines) is 1. The number of hydrogen-bond acceptors (Lipinski definition) is 3. The third kappa shape index (κ3) is 2.72. The van der Waals surface area contributed by atoms with E-state index in [9.17, 15) is 0 Å². The molecule has 0 aromatic carbocycles. The Hall–Kier alpha value is -0.380. The number of fused-ring (bicyclic) bond motifs is 1. The molecule has 94 valence electrons. The number of thiophene rings is 1. The Labute approximate surface area is 108 Å². The molecule has 1 saturated heterocycles. The molecule has 0 spiro atoms. The summed E-state index contributed by atoms with van der Waals surface area (Å²) in [6.45, 7) is 3.56. The predicted octanol–water partition coefficient (Wildman–Crippen LogP) is 2.42. The SMILES string of the molecule is CN1CCCC(NCc2cc3c(s2)CCC3)C1. The fraction of sp³-hybridized carbons (Fsp3) is 0.714. The summed E-state index contributed by atoms with van der Waals surface area (Å²) in [4.78, 5) is 5.64. The second kappa shape index (κ2) is 5.09. The van der Waals surface area contributed by atoms with Crippen LogP contribution in [0.2, 0.25) is 0 Å². The lowest BCUT2D eigenvalue weighted by Crippen LogP contribution is -2.43. The summed E-state index contributed by atoms with van der Waals surface area (Å²) in [5.41, 5.74) is 1.63. The van der Waals surface area contributed by atoms with Crippen molar-refractivity contribution in [3.8, 4) is 0 Å². The van der Waals surface area contributed by atoms with Crippen molar-refractivity contribution in [3.05, 3.63) is 21.4 Å². The van der Waals surface area contributed by atoms with Crippen molar-refractivity contribution in [2.45, 2.75) is 44.7 Å². The van der Waals surface area contributed by atoms with Crippen LogP contribution in [-0.2, 0) is 19.4 Å². The normalized spacial score (nSPS) is 25.1. The molecule has 2 aliphatic rings. The van der Waals surface area contributed by atoms with Gasteiger partial charge in [-0.15, -0.1) is 11.3 Å². The third-order valence-corrected chi connectivity index (χ3v) is 5.22. The number of nitrogens with zero attached hydrogens (tertiary/aromatic N) is 1. The quantitative estimate of drug-likeness (QED) is 0.886. The highest BCUT2D eigenvalue weighted by atomic mass is 32.1. The Bertz CT molecular complexity index is 364. The van der Waals surface area contributed by atoms with Crippen molar-refractivity contribution in [1.82, 2.24) is 10.2 Å². The first kappa shape index (κ1) is 11.7. The molecule has 2 heterocycles. The lowest BCUT2D eigenvalue weighted by molar-refractivity contribution is 0.227. The predicted molar refractivity (Wildman–Crippen MR) is 73.7 cm³/mol. The van der Waals surface area contributed by atoms with Gasteiger partial charge in [0.15, 0.2) is 0 Å². The first-order valence-corrected chi connectivity index (χ1v) is 7.65. The van der Waals surface area contributed by atoms with Crippen LogP contribution in [-0.4, -0.2) is 31.1 Å². The molecular formula is C14H22N2S. The van der Waals surface area contributed by atoms with Gasteiger partial charge in [-0.1, -0.05) is 0 Å². The van der Waals surface area contributed by atoms with E-state index >= 15 is 0 Å². The van der Waals surface area contributed by atoms with E-state index in [0.29, 0.717) is 6.04 Å². The van der Waals surface area contributed by atoms with Crippen LogP contribution in [0.3, 0.4) is 0 Å². The van der Waals surface area contributed by atoms with Crippen LogP contribution in [0.1, 0.15) is 34.6 Å². The van der Waals surface area contributed by atoms with E-state index in [1.165, 1.54) is 45.2 Å². The molecule has 3 rings (SSSR count). The van der Waals surface area contributed by atoms with E-state index in [4.69, 9.17) is 0 Å². The second-order valence-electron chi connectivity index (χ2n) is 5.50. The fourth-order valence-electron chi connectivity index (χ4n) is 3.06. The number of piperidine rings is 1. The van der Waals surface area contributed by atoms with E-state index in [1.54, 1.807) is 15.3 Å². The van der Waals surface area contributed by atoms with Gasteiger partial charge in [-0.25, -0.2) is 0 Å². The zero-order chi connectivity index (χ0) is 11.7. The largest absolute Gasteiger partial charge is 0.308 e. The summed E-state index contributed by atoms with van der Waals surface area (Å²) in [7, 11) is 2.23. The van der Waals surface area contributed by atoms with Gasteiger partial charge < -0.3 is 10.2 Å². The van der Waals surface area contributed by atoms with Crippen LogP contribution in [0, 0.1) is 0 Å². The Kier molecular flexibility index (Phi) is 3.50. The molecule has 1 aliphatic carbocycles. The molecule has 3 heteroatoms.